The molecule has 2 aliphatic rings. The number of aromatic nitrogens is 3. The van der Waals surface area contributed by atoms with E-state index >= 15 is 0 Å². The highest BCUT2D eigenvalue weighted by atomic mass is 16.5. The number of fused-ring (bicyclic) bond motifs is 3. The lowest BCUT2D eigenvalue weighted by atomic mass is 9.82. The summed E-state index contributed by atoms with van der Waals surface area (Å²) in [5, 5.41) is 8.61. The molecule has 1 N–H and O–H groups in total. The quantitative estimate of drug-likeness (QED) is 0.660. The van der Waals surface area contributed by atoms with Crippen LogP contribution in [0, 0.1) is 0 Å². The number of methoxy groups -OCH3 is 1. The molecular formula is C23H25N5O3. The predicted octanol–water partition coefficient (Wildman–Crippen LogP) is 2.96. The summed E-state index contributed by atoms with van der Waals surface area (Å²) in [4.78, 5) is 30.6. The Morgan fingerprint density at radius 2 is 2.03 bits per heavy atom. The van der Waals surface area contributed by atoms with E-state index in [4.69, 9.17) is 9.84 Å². The third-order valence-electron chi connectivity index (χ3n) is 6.49. The molecule has 160 valence electrons. The van der Waals surface area contributed by atoms with Crippen LogP contribution in [0.2, 0.25) is 0 Å². The van der Waals surface area contributed by atoms with Crippen LogP contribution in [0.25, 0.3) is 22.2 Å². The van der Waals surface area contributed by atoms with E-state index in [0.29, 0.717) is 12.1 Å². The fraction of sp³-hybridized carbons (Fsp3) is 0.391. The van der Waals surface area contributed by atoms with E-state index in [1.807, 2.05) is 30.2 Å². The fourth-order valence-corrected chi connectivity index (χ4v) is 4.84. The maximum Gasteiger partial charge on any atom is 0.337 e. The van der Waals surface area contributed by atoms with Gasteiger partial charge in [0.1, 0.15) is 0 Å². The molecule has 2 amide bonds. The molecule has 1 spiro atoms. The predicted molar refractivity (Wildman–Crippen MR) is 116 cm³/mol. The molecule has 0 saturated carbocycles. The van der Waals surface area contributed by atoms with Crippen LogP contribution in [0.3, 0.4) is 0 Å². The molecule has 0 radical (unpaired) electrons. The van der Waals surface area contributed by atoms with E-state index < -0.39 is 0 Å². The number of ether oxygens (including phenoxy) is 1. The maximum atomic E-state index is 12.3. The van der Waals surface area contributed by atoms with Crippen LogP contribution in [0.15, 0.2) is 36.5 Å². The van der Waals surface area contributed by atoms with Crippen molar-refractivity contribution in [2.24, 2.45) is 0 Å². The van der Waals surface area contributed by atoms with Gasteiger partial charge < -0.3 is 15.0 Å². The lowest BCUT2D eigenvalue weighted by molar-refractivity contribution is 0.0601. The van der Waals surface area contributed by atoms with Crippen molar-refractivity contribution >= 4 is 22.9 Å². The first-order valence-corrected chi connectivity index (χ1v) is 10.6. The second-order valence-corrected chi connectivity index (χ2v) is 8.30. The average Bonchev–Trinajstić information content (AvgIpc) is 3.49. The van der Waals surface area contributed by atoms with Crippen LogP contribution in [0.5, 0.6) is 0 Å². The minimum absolute atomic E-state index is 0.0118. The van der Waals surface area contributed by atoms with Gasteiger partial charge in [0.15, 0.2) is 0 Å². The molecule has 8 nitrogen and oxygen atoms in total. The number of nitrogens with zero attached hydrogens (tertiary/aromatic N) is 4. The highest BCUT2D eigenvalue weighted by Gasteiger charge is 2.46. The van der Waals surface area contributed by atoms with Gasteiger partial charge in [0, 0.05) is 54.4 Å². The first kappa shape index (κ1) is 19.5. The zero-order valence-electron chi connectivity index (χ0n) is 17.7. The topological polar surface area (TPSA) is 89.4 Å². The lowest BCUT2D eigenvalue weighted by Gasteiger charge is -2.23. The van der Waals surface area contributed by atoms with E-state index in [9.17, 15) is 9.59 Å². The third-order valence-corrected chi connectivity index (χ3v) is 6.49. The number of aryl methyl sites for hydroxylation is 1. The van der Waals surface area contributed by atoms with Gasteiger partial charge in [0.05, 0.1) is 23.9 Å². The van der Waals surface area contributed by atoms with Crippen molar-refractivity contribution in [2.45, 2.75) is 31.7 Å². The molecule has 1 fully saturated rings. The summed E-state index contributed by atoms with van der Waals surface area (Å²) in [6.45, 7) is 4.91. The number of benzene rings is 1. The summed E-state index contributed by atoms with van der Waals surface area (Å²) >= 11 is 0. The van der Waals surface area contributed by atoms with Crippen molar-refractivity contribution in [1.29, 1.82) is 0 Å². The van der Waals surface area contributed by atoms with Gasteiger partial charge in [-0.05, 0) is 50.1 Å². The van der Waals surface area contributed by atoms with Gasteiger partial charge in [0.2, 0.25) is 0 Å². The molecule has 1 saturated heterocycles. The zero-order chi connectivity index (χ0) is 21.6. The highest BCUT2D eigenvalue weighted by Crippen LogP contribution is 2.43. The van der Waals surface area contributed by atoms with Crippen molar-refractivity contribution in [1.82, 2.24) is 25.0 Å². The number of nitrogens with one attached hydrogen (secondary N) is 1. The number of amides is 2. The average molecular weight is 419 g/mol. The Balaban J connectivity index is 1.46. The molecule has 1 atom stereocenters. The molecule has 4 heterocycles. The summed E-state index contributed by atoms with van der Waals surface area (Å²) in [5.41, 5.74) is 4.24. The smallest absolute Gasteiger partial charge is 0.337 e. The molecule has 3 aromatic rings. The molecule has 8 heteroatoms. The van der Waals surface area contributed by atoms with Crippen molar-refractivity contribution in [3.05, 3.63) is 47.8 Å². The Morgan fingerprint density at radius 1 is 1.19 bits per heavy atom. The van der Waals surface area contributed by atoms with E-state index in [1.165, 1.54) is 12.8 Å². The Morgan fingerprint density at radius 3 is 2.84 bits per heavy atom. The summed E-state index contributed by atoms with van der Waals surface area (Å²) in [6, 6.07) is 9.50. The second kappa shape index (κ2) is 7.37. The van der Waals surface area contributed by atoms with Gasteiger partial charge in [-0.15, -0.1) is 0 Å². The van der Waals surface area contributed by atoms with Gasteiger partial charge in [-0.1, -0.05) is 0 Å². The van der Waals surface area contributed by atoms with Crippen molar-refractivity contribution < 1.29 is 14.3 Å². The number of urea groups is 1. The van der Waals surface area contributed by atoms with Crippen LogP contribution >= 0.6 is 0 Å². The van der Waals surface area contributed by atoms with Crippen molar-refractivity contribution in [3.8, 4) is 11.3 Å². The molecule has 2 aromatic heterocycles. The number of carbonyl (C=O) groups excluding carboxylic acids is 2. The number of esters is 1. The number of pyridine rings is 1. The maximum absolute atomic E-state index is 12.3. The summed E-state index contributed by atoms with van der Waals surface area (Å²) in [7, 11) is 1.37. The van der Waals surface area contributed by atoms with Gasteiger partial charge in [0.25, 0.3) is 0 Å². The van der Waals surface area contributed by atoms with E-state index in [-0.39, 0.29) is 17.4 Å². The minimum atomic E-state index is -0.367. The van der Waals surface area contributed by atoms with E-state index in [0.717, 1.165) is 54.6 Å². The highest BCUT2D eigenvalue weighted by molar-refractivity contribution is 5.95. The molecular weight excluding hydrogens is 394 g/mol. The van der Waals surface area contributed by atoms with Crippen LogP contribution in [0.4, 0.5) is 4.79 Å². The number of rotatable bonds is 3. The molecule has 1 aromatic carbocycles. The first-order chi connectivity index (χ1) is 15.0. The van der Waals surface area contributed by atoms with Crippen LogP contribution in [-0.2, 0) is 16.7 Å². The zero-order valence-corrected chi connectivity index (χ0v) is 17.7. The summed E-state index contributed by atoms with van der Waals surface area (Å²) in [5.74, 6) is -0.367. The Kier molecular flexibility index (Phi) is 4.64. The standard InChI is InChI=1S/C23H25N5O3/c1-3-24-22(30)27-8-6-23(14-27)7-9-28-20(23)12-19(26-28)17-11-16-10-15(21(29)31-2)4-5-18(16)25-13-17/h4-5,10-13H,3,6-9,14H2,1-2H3,(H,24,30). The van der Waals surface area contributed by atoms with Gasteiger partial charge in [-0.3, -0.25) is 9.67 Å². The summed E-state index contributed by atoms with van der Waals surface area (Å²) < 4.78 is 6.90. The lowest BCUT2D eigenvalue weighted by Crippen LogP contribution is -2.40. The second-order valence-electron chi connectivity index (χ2n) is 8.30. The number of likely N-dealkylation sites (tertiary alicyclic amines) is 1. The number of carbonyl (C=O) groups is 2. The van der Waals surface area contributed by atoms with Crippen LogP contribution in [-0.4, -0.2) is 58.4 Å². The van der Waals surface area contributed by atoms with Crippen molar-refractivity contribution in [3.63, 3.8) is 0 Å². The normalized spacial score (nSPS) is 19.7. The molecule has 31 heavy (non-hydrogen) atoms. The van der Waals surface area contributed by atoms with Crippen LogP contribution in [0.1, 0.15) is 35.8 Å². The molecule has 1 unspecified atom stereocenters. The minimum Gasteiger partial charge on any atom is -0.465 e. The van der Waals surface area contributed by atoms with Crippen molar-refractivity contribution in [2.75, 3.05) is 26.7 Å². The first-order valence-electron chi connectivity index (χ1n) is 10.6. The Bertz CT molecular complexity index is 1190. The molecule has 5 rings (SSSR count). The van der Waals surface area contributed by atoms with Crippen LogP contribution < -0.4 is 5.32 Å². The largest absolute Gasteiger partial charge is 0.465 e. The van der Waals surface area contributed by atoms with Gasteiger partial charge in [-0.25, -0.2) is 9.59 Å². The molecule has 0 aliphatic carbocycles. The number of hydrogen-bond donors (Lipinski definition) is 1. The van der Waals surface area contributed by atoms with Gasteiger partial charge in [-0.2, -0.15) is 5.10 Å². The Hall–Kier alpha value is -3.42. The third kappa shape index (κ3) is 3.22. The van der Waals surface area contributed by atoms with E-state index in [1.54, 1.807) is 12.1 Å². The molecule has 0 bridgehead atoms. The molecule has 2 aliphatic heterocycles. The Labute approximate surface area is 180 Å². The SMILES string of the molecule is CCNC(=O)N1CCC2(CCn3nc(-c4cnc5ccc(C(=O)OC)cc5c4)cc32)C1. The fourth-order valence-electron chi connectivity index (χ4n) is 4.84. The number of hydrogen-bond acceptors (Lipinski definition) is 5. The van der Waals surface area contributed by atoms with E-state index in [2.05, 4.69) is 21.0 Å². The van der Waals surface area contributed by atoms with Gasteiger partial charge >= 0.3 is 12.0 Å². The summed E-state index contributed by atoms with van der Waals surface area (Å²) in [6.07, 6.45) is 3.78. The monoisotopic (exact) mass is 419 g/mol.